The quantitative estimate of drug-likeness (QED) is 0.245. The number of hydrogen-bond acceptors (Lipinski definition) is 6. The summed E-state index contributed by atoms with van der Waals surface area (Å²) < 4.78 is 4.92. The van der Waals surface area contributed by atoms with Crippen LogP contribution in [-0.2, 0) is 16.1 Å². The van der Waals surface area contributed by atoms with E-state index in [0.29, 0.717) is 35.9 Å². The number of carbonyl (C=O) groups is 2. The third kappa shape index (κ3) is 6.68. The van der Waals surface area contributed by atoms with E-state index < -0.39 is 5.92 Å². The summed E-state index contributed by atoms with van der Waals surface area (Å²) in [7, 11) is 0. The number of nitrogens with one attached hydrogen (secondary N) is 2. The van der Waals surface area contributed by atoms with Crippen LogP contribution in [0.4, 0.5) is 0 Å². The lowest BCUT2D eigenvalue weighted by molar-refractivity contribution is -0.154. The molecule has 2 amide bonds. The van der Waals surface area contributed by atoms with E-state index in [1.807, 2.05) is 0 Å². The van der Waals surface area contributed by atoms with E-state index in [-0.39, 0.29) is 12.5 Å². The number of hydroxylamine groups is 2. The van der Waals surface area contributed by atoms with Gasteiger partial charge in [-0.1, -0.05) is 31.3 Å². The van der Waals surface area contributed by atoms with Crippen molar-refractivity contribution in [1.29, 1.82) is 0 Å². The van der Waals surface area contributed by atoms with Crippen molar-refractivity contribution in [3.63, 3.8) is 0 Å². The van der Waals surface area contributed by atoms with E-state index >= 15 is 0 Å². The molecule has 0 fully saturated rings. The highest BCUT2D eigenvalue weighted by molar-refractivity contribution is 5.78. The van der Waals surface area contributed by atoms with Crippen LogP contribution in [0.1, 0.15) is 44.1 Å². The number of hydrogen-bond donors (Lipinski definition) is 3. The molecule has 8 nitrogen and oxygen atoms in total. The first kappa shape index (κ1) is 18.1. The zero-order valence-corrected chi connectivity index (χ0v) is 13.0. The van der Waals surface area contributed by atoms with Crippen molar-refractivity contribution in [2.45, 2.75) is 46.1 Å². The molecule has 0 aliphatic heterocycles. The molecule has 0 saturated carbocycles. The van der Waals surface area contributed by atoms with Crippen molar-refractivity contribution in [2.75, 3.05) is 6.54 Å². The highest BCUT2D eigenvalue weighted by Gasteiger charge is 2.20. The third-order valence-corrected chi connectivity index (χ3v) is 3.21. The van der Waals surface area contributed by atoms with Crippen LogP contribution in [0.5, 0.6) is 0 Å². The molecule has 1 heterocycles. The van der Waals surface area contributed by atoms with Crippen LogP contribution >= 0.6 is 0 Å². The van der Waals surface area contributed by atoms with Gasteiger partial charge in [0.05, 0.1) is 24.7 Å². The Morgan fingerprint density at radius 3 is 2.91 bits per heavy atom. The normalized spacial score (nSPS) is 12.0. The molecule has 0 bridgehead atoms. The molecule has 22 heavy (non-hydrogen) atoms. The number of rotatable bonds is 11. The van der Waals surface area contributed by atoms with Crippen LogP contribution in [0.3, 0.4) is 0 Å². The second-order valence-corrected chi connectivity index (χ2v) is 5.19. The molecule has 8 heteroatoms. The number of aromatic nitrogens is 1. The summed E-state index contributed by atoms with van der Waals surface area (Å²) in [6, 6.07) is 1.76. The molecular weight excluding hydrogens is 288 g/mol. The topological polar surface area (TPSA) is 108 Å². The molecule has 1 rings (SSSR count). The second-order valence-electron chi connectivity index (χ2n) is 5.19. The van der Waals surface area contributed by atoms with Crippen molar-refractivity contribution >= 4 is 12.3 Å². The maximum atomic E-state index is 12.1. The number of nitrogens with zero attached hydrogens (tertiary/aromatic N) is 2. The Labute approximate surface area is 129 Å². The van der Waals surface area contributed by atoms with Gasteiger partial charge in [0.1, 0.15) is 5.76 Å². The monoisotopic (exact) mass is 312 g/mol. The molecule has 0 aliphatic carbocycles. The molecule has 0 aromatic carbocycles. The minimum Gasteiger partial charge on any atom is -0.361 e. The molecule has 124 valence electrons. The van der Waals surface area contributed by atoms with E-state index in [9.17, 15) is 14.8 Å². The highest BCUT2D eigenvalue weighted by Crippen LogP contribution is 2.11. The lowest BCUT2D eigenvalue weighted by atomic mass is 10.0. The van der Waals surface area contributed by atoms with Crippen molar-refractivity contribution in [3.8, 4) is 0 Å². The molecule has 1 atom stereocenters. The molecule has 0 spiro atoms. The van der Waals surface area contributed by atoms with Gasteiger partial charge < -0.3 is 4.52 Å². The summed E-state index contributed by atoms with van der Waals surface area (Å²) in [5.41, 5.74) is 6.02. The average Bonchev–Trinajstić information content (AvgIpc) is 2.91. The summed E-state index contributed by atoms with van der Waals surface area (Å²) >= 11 is 0. The van der Waals surface area contributed by atoms with Gasteiger partial charge >= 0.3 is 0 Å². The van der Waals surface area contributed by atoms with Gasteiger partial charge in [-0.3, -0.25) is 20.2 Å². The molecular formula is C14H24N4O4. The minimum absolute atomic E-state index is 0.0240. The molecule has 0 unspecified atom stereocenters. The van der Waals surface area contributed by atoms with Gasteiger partial charge in [0.25, 0.3) is 0 Å². The number of amides is 2. The van der Waals surface area contributed by atoms with E-state index in [1.165, 1.54) is 0 Å². The number of carbonyl (C=O) groups excluding carboxylic acids is 2. The van der Waals surface area contributed by atoms with Crippen LogP contribution < -0.4 is 10.9 Å². The first-order valence-corrected chi connectivity index (χ1v) is 7.42. The van der Waals surface area contributed by atoms with Crippen molar-refractivity contribution in [1.82, 2.24) is 21.1 Å². The Balaban J connectivity index is 2.41. The molecule has 0 saturated heterocycles. The molecule has 1 aromatic heterocycles. The van der Waals surface area contributed by atoms with E-state index in [1.54, 1.807) is 13.0 Å². The maximum absolute atomic E-state index is 12.1. The number of hydrazine groups is 1. The maximum Gasteiger partial charge on any atom is 0.239 e. The zero-order valence-electron chi connectivity index (χ0n) is 13.0. The largest absolute Gasteiger partial charge is 0.361 e. The van der Waals surface area contributed by atoms with Gasteiger partial charge in [0.15, 0.2) is 0 Å². The SMILES string of the molecule is CCCCC[C@@H](CN(O)C=O)C(=O)NNCc1cc(C)on1. The van der Waals surface area contributed by atoms with Gasteiger partial charge in [-0.25, -0.2) is 10.5 Å². The summed E-state index contributed by atoms with van der Waals surface area (Å²) in [5.74, 6) is -0.0343. The van der Waals surface area contributed by atoms with Crippen molar-refractivity contribution in [3.05, 3.63) is 17.5 Å². The van der Waals surface area contributed by atoms with Crippen LogP contribution in [0.2, 0.25) is 0 Å². The fourth-order valence-electron chi connectivity index (χ4n) is 2.04. The predicted molar refractivity (Wildman–Crippen MR) is 78.4 cm³/mol. The summed E-state index contributed by atoms with van der Waals surface area (Å²) in [4.78, 5) is 22.6. The minimum atomic E-state index is -0.465. The fraction of sp³-hybridized carbons (Fsp3) is 0.643. The van der Waals surface area contributed by atoms with E-state index in [0.717, 1.165) is 19.3 Å². The van der Waals surface area contributed by atoms with Crippen LogP contribution in [-0.4, -0.2) is 34.3 Å². The lowest BCUT2D eigenvalue weighted by Gasteiger charge is -2.19. The number of aryl methyl sites for hydroxylation is 1. The van der Waals surface area contributed by atoms with Crippen LogP contribution in [0.25, 0.3) is 0 Å². The van der Waals surface area contributed by atoms with Gasteiger partial charge in [-0.15, -0.1) is 0 Å². The van der Waals surface area contributed by atoms with Gasteiger partial charge in [0, 0.05) is 6.07 Å². The van der Waals surface area contributed by atoms with Crippen molar-refractivity contribution < 1.29 is 19.3 Å². The third-order valence-electron chi connectivity index (χ3n) is 3.21. The Morgan fingerprint density at radius 2 is 2.32 bits per heavy atom. The predicted octanol–water partition coefficient (Wildman–Crippen LogP) is 1.15. The van der Waals surface area contributed by atoms with Crippen LogP contribution in [0.15, 0.2) is 10.6 Å². The number of unbranched alkanes of at least 4 members (excludes halogenated alkanes) is 2. The van der Waals surface area contributed by atoms with Gasteiger partial charge in [-0.05, 0) is 13.3 Å². The van der Waals surface area contributed by atoms with Gasteiger partial charge in [-0.2, -0.15) is 0 Å². The Morgan fingerprint density at radius 1 is 1.55 bits per heavy atom. The lowest BCUT2D eigenvalue weighted by Crippen LogP contribution is -2.44. The summed E-state index contributed by atoms with van der Waals surface area (Å²) in [6.07, 6.45) is 3.81. The highest BCUT2D eigenvalue weighted by atomic mass is 16.5. The standard InChI is InChI=1S/C14H24N4O4/c1-3-4-5-6-12(9-18(21)10-19)14(20)16-15-8-13-7-11(2)22-17-13/h7,10,12,15,21H,3-6,8-9H2,1-2H3,(H,16,20)/t12-/m0/s1. The zero-order chi connectivity index (χ0) is 16.4. The molecule has 0 radical (unpaired) electrons. The Bertz CT molecular complexity index is 463. The molecule has 0 aliphatic rings. The Hall–Kier alpha value is -1.93. The van der Waals surface area contributed by atoms with E-state index in [4.69, 9.17) is 4.52 Å². The molecule has 3 N–H and O–H groups in total. The second kappa shape index (κ2) is 9.91. The van der Waals surface area contributed by atoms with Gasteiger partial charge in [0.2, 0.25) is 12.3 Å². The smallest absolute Gasteiger partial charge is 0.239 e. The first-order chi connectivity index (χ1) is 10.6. The van der Waals surface area contributed by atoms with Crippen LogP contribution in [0, 0.1) is 12.8 Å². The fourth-order valence-corrected chi connectivity index (χ4v) is 2.04. The Kier molecular flexibility index (Phi) is 8.16. The molecule has 1 aromatic rings. The van der Waals surface area contributed by atoms with Crippen molar-refractivity contribution in [2.24, 2.45) is 5.92 Å². The van der Waals surface area contributed by atoms with E-state index in [2.05, 4.69) is 22.9 Å². The summed E-state index contributed by atoms with van der Waals surface area (Å²) in [6.45, 7) is 4.17. The first-order valence-electron chi connectivity index (χ1n) is 7.42. The summed E-state index contributed by atoms with van der Waals surface area (Å²) in [5, 5.41) is 13.6. The average molecular weight is 312 g/mol.